The van der Waals surface area contributed by atoms with E-state index in [1.54, 1.807) is 23.6 Å². The third-order valence-electron chi connectivity index (χ3n) is 3.87. The van der Waals surface area contributed by atoms with E-state index < -0.39 is 11.1 Å². The number of benzene rings is 1. The van der Waals surface area contributed by atoms with Gasteiger partial charge in [0.2, 0.25) is 0 Å². The van der Waals surface area contributed by atoms with E-state index in [4.69, 9.17) is 0 Å². The number of amides is 1. The molecule has 1 aromatic carbocycles. The van der Waals surface area contributed by atoms with Crippen LogP contribution in [-0.2, 0) is 17.6 Å². The highest BCUT2D eigenvalue weighted by molar-refractivity contribution is 7.79. The van der Waals surface area contributed by atoms with E-state index in [1.165, 1.54) is 6.20 Å². The number of carbonyl (C=O) groups excluding carboxylic acids is 1. The van der Waals surface area contributed by atoms with E-state index in [9.17, 15) is 13.6 Å². The van der Waals surface area contributed by atoms with Crippen LogP contribution in [0.1, 0.15) is 15.9 Å². The van der Waals surface area contributed by atoms with Crippen LogP contribution in [0.4, 0.5) is 0 Å². The van der Waals surface area contributed by atoms with Gasteiger partial charge in [-0.25, -0.2) is 0 Å². The summed E-state index contributed by atoms with van der Waals surface area (Å²) >= 11 is -0.733. The Balaban J connectivity index is 1.69. The fourth-order valence-electron chi connectivity index (χ4n) is 2.68. The molecule has 1 aliphatic rings. The van der Waals surface area contributed by atoms with Crippen LogP contribution in [0.15, 0.2) is 53.7 Å². The van der Waals surface area contributed by atoms with Crippen molar-refractivity contribution < 1.29 is 13.6 Å². The van der Waals surface area contributed by atoms with Gasteiger partial charge in [0, 0.05) is 44.7 Å². The van der Waals surface area contributed by atoms with Gasteiger partial charge in [-0.1, -0.05) is 6.07 Å². The van der Waals surface area contributed by atoms with Gasteiger partial charge in [-0.3, -0.25) is 14.0 Å². The van der Waals surface area contributed by atoms with Crippen molar-refractivity contribution in [2.75, 3.05) is 0 Å². The third kappa shape index (κ3) is 2.66. The molecule has 2 aromatic heterocycles. The minimum atomic E-state index is -2.29. The molecule has 0 saturated heterocycles. The van der Waals surface area contributed by atoms with E-state index in [2.05, 4.69) is 10.3 Å². The maximum Gasteiger partial charge on any atom is 0.251 e. The lowest BCUT2D eigenvalue weighted by molar-refractivity contribution is 0.0965. The predicted octanol–water partition coefficient (Wildman–Crippen LogP) is 2.96. The van der Waals surface area contributed by atoms with Crippen LogP contribution < -0.4 is 5.32 Å². The minimum absolute atomic E-state index is 0.0306. The molecule has 0 spiro atoms. The average molecular weight is 355 g/mol. The predicted molar refractivity (Wildman–Crippen MR) is 91.3 cm³/mol. The molecule has 1 amide bonds. The summed E-state index contributed by atoms with van der Waals surface area (Å²) in [5, 5.41) is 2.81. The molecule has 0 bridgehead atoms. The Morgan fingerprint density at radius 3 is 2.67 bits per heavy atom. The summed E-state index contributed by atoms with van der Waals surface area (Å²) in [6.45, 7) is 0.557. The zero-order chi connectivity index (χ0) is 16.7. The number of pyridine rings is 1. The largest absolute Gasteiger partial charge is 0.768 e. The summed E-state index contributed by atoms with van der Waals surface area (Å²) in [4.78, 5) is 17.8. The monoisotopic (exact) mass is 355 g/mol. The highest BCUT2D eigenvalue weighted by Gasteiger charge is 2.19. The zero-order valence-corrected chi connectivity index (χ0v) is 13.9. The van der Waals surface area contributed by atoms with Crippen molar-refractivity contribution in [1.82, 2.24) is 10.3 Å². The first-order valence-electron chi connectivity index (χ1n) is 7.18. The lowest BCUT2D eigenvalue weighted by Gasteiger charge is -2.05. The summed E-state index contributed by atoms with van der Waals surface area (Å²) in [7, 11) is 0. The molecule has 1 atom stereocenters. The van der Waals surface area contributed by atoms with Crippen molar-refractivity contribution in [2.45, 2.75) is 11.4 Å². The van der Waals surface area contributed by atoms with Gasteiger partial charge in [0.15, 0.2) is 0 Å². The number of fused-ring (bicyclic) bond motifs is 1. The van der Waals surface area contributed by atoms with Crippen LogP contribution in [0.2, 0.25) is 0 Å². The van der Waals surface area contributed by atoms with E-state index in [1.807, 2.05) is 30.3 Å². The number of nitrogens with zero attached hydrogens (tertiary/aromatic N) is 1. The normalized spacial score (nSPS) is 14.3. The Morgan fingerprint density at radius 1 is 1.08 bits per heavy atom. The fourth-order valence-corrected chi connectivity index (χ4v) is 4.03. The second-order valence-corrected chi connectivity index (χ2v) is 7.39. The topological polar surface area (TPSA) is 82.1 Å². The minimum Gasteiger partial charge on any atom is -0.768 e. The molecule has 3 heterocycles. The second kappa shape index (κ2) is 5.94. The van der Waals surface area contributed by atoms with E-state index in [0.717, 1.165) is 32.0 Å². The Morgan fingerprint density at radius 2 is 1.88 bits per heavy atom. The first kappa shape index (κ1) is 15.2. The molecule has 5 nitrogen and oxygen atoms in total. The highest BCUT2D eigenvalue weighted by atomic mass is 32.2. The lowest BCUT2D eigenvalue weighted by Crippen LogP contribution is -2.12. The van der Waals surface area contributed by atoms with E-state index in [-0.39, 0.29) is 10.8 Å². The maximum atomic E-state index is 11.6. The Labute approximate surface area is 144 Å². The maximum absolute atomic E-state index is 11.6. The molecule has 0 saturated carbocycles. The van der Waals surface area contributed by atoms with Crippen molar-refractivity contribution >= 4 is 28.3 Å². The highest BCUT2D eigenvalue weighted by Crippen LogP contribution is 2.35. The van der Waals surface area contributed by atoms with Crippen LogP contribution in [0.3, 0.4) is 0 Å². The van der Waals surface area contributed by atoms with Crippen LogP contribution in [0, 0.1) is 0 Å². The Bertz CT molecular complexity index is 981. The average Bonchev–Trinajstić information content (AvgIpc) is 3.22. The van der Waals surface area contributed by atoms with Crippen molar-refractivity contribution in [1.29, 1.82) is 0 Å². The zero-order valence-electron chi connectivity index (χ0n) is 12.3. The van der Waals surface area contributed by atoms with Gasteiger partial charge in [0.1, 0.15) is 0 Å². The molecule has 24 heavy (non-hydrogen) atoms. The summed E-state index contributed by atoms with van der Waals surface area (Å²) in [6, 6.07) is 11.3. The van der Waals surface area contributed by atoms with Gasteiger partial charge < -0.3 is 9.87 Å². The number of thiophene rings is 1. The molecule has 7 heteroatoms. The summed E-state index contributed by atoms with van der Waals surface area (Å²) in [5.41, 5.74) is 3.53. The standard InChI is InChI=1S/C17H12N2O3S2/c20-17-14-2-1-10(5-11(14)8-19-17)15-3-4-16(23-15)12-6-13(24(21)22)9-18-7-12/h1-7,9H,8H2,(H,19,20)(H,21,22)/p-1. The number of rotatable bonds is 3. The van der Waals surface area contributed by atoms with Gasteiger partial charge >= 0.3 is 0 Å². The quantitative estimate of drug-likeness (QED) is 0.732. The van der Waals surface area contributed by atoms with Gasteiger partial charge in [-0.2, -0.15) is 0 Å². The smallest absolute Gasteiger partial charge is 0.251 e. The van der Waals surface area contributed by atoms with E-state index >= 15 is 0 Å². The molecule has 0 radical (unpaired) electrons. The third-order valence-corrected chi connectivity index (χ3v) is 5.66. The van der Waals surface area contributed by atoms with Gasteiger partial charge in [-0.15, -0.1) is 11.3 Å². The molecular formula is C17H11N2O3S2-. The second-order valence-electron chi connectivity index (χ2n) is 5.36. The summed E-state index contributed by atoms with van der Waals surface area (Å²) in [5.74, 6) is -0.0306. The molecule has 4 rings (SSSR count). The number of nitrogens with one attached hydrogen (secondary N) is 1. The number of hydrogen-bond donors (Lipinski definition) is 1. The Hall–Kier alpha value is -2.35. The molecule has 1 unspecified atom stereocenters. The molecular weight excluding hydrogens is 344 g/mol. The SMILES string of the molecule is O=C1NCc2cc(-c3ccc(-c4cncc(S(=O)[O-])c4)s3)ccc21. The number of hydrogen-bond acceptors (Lipinski definition) is 5. The van der Waals surface area contributed by atoms with Crippen molar-refractivity contribution in [3.8, 4) is 20.9 Å². The fraction of sp³-hybridized carbons (Fsp3) is 0.0588. The molecule has 0 fully saturated rings. The van der Waals surface area contributed by atoms with Crippen LogP contribution in [-0.4, -0.2) is 19.7 Å². The Kier molecular flexibility index (Phi) is 3.76. The van der Waals surface area contributed by atoms with Gasteiger partial charge in [-0.05, 0) is 52.5 Å². The van der Waals surface area contributed by atoms with Crippen LogP contribution in [0.5, 0.6) is 0 Å². The molecule has 1 aliphatic heterocycles. The molecule has 0 aliphatic carbocycles. The molecule has 120 valence electrons. The van der Waals surface area contributed by atoms with E-state index in [0.29, 0.717) is 6.54 Å². The van der Waals surface area contributed by atoms with Crippen LogP contribution in [0.25, 0.3) is 20.9 Å². The number of aromatic nitrogens is 1. The first-order chi connectivity index (χ1) is 11.6. The van der Waals surface area contributed by atoms with Gasteiger partial charge in [0.05, 0.1) is 0 Å². The lowest BCUT2D eigenvalue weighted by atomic mass is 10.1. The van der Waals surface area contributed by atoms with Gasteiger partial charge in [0.25, 0.3) is 5.91 Å². The molecule has 3 aromatic rings. The van der Waals surface area contributed by atoms with Crippen molar-refractivity contribution in [3.63, 3.8) is 0 Å². The summed E-state index contributed by atoms with van der Waals surface area (Å²) < 4.78 is 22.2. The summed E-state index contributed by atoms with van der Waals surface area (Å²) in [6.07, 6.45) is 2.98. The molecule has 1 N–H and O–H groups in total. The van der Waals surface area contributed by atoms with Crippen molar-refractivity contribution in [3.05, 3.63) is 59.9 Å². The number of carbonyl (C=O) groups is 1. The van der Waals surface area contributed by atoms with Crippen LogP contribution >= 0.6 is 11.3 Å². The first-order valence-corrected chi connectivity index (χ1v) is 9.07. The van der Waals surface area contributed by atoms with Crippen molar-refractivity contribution in [2.24, 2.45) is 0 Å².